The predicted molar refractivity (Wildman–Crippen MR) is 170 cm³/mol. The monoisotopic (exact) mass is 680 g/mol. The van der Waals surface area contributed by atoms with E-state index in [1.165, 1.54) is 9.80 Å². The summed E-state index contributed by atoms with van der Waals surface area (Å²) in [7, 11) is -0.512. The number of likely N-dealkylation sites (N-methyl/N-ethyl adjacent to an activating group) is 1. The van der Waals surface area contributed by atoms with Crippen LogP contribution in [0, 0.1) is 0 Å². The summed E-state index contributed by atoms with van der Waals surface area (Å²) >= 11 is 3.51. The first kappa shape index (κ1) is 33.3. The van der Waals surface area contributed by atoms with Crippen molar-refractivity contribution in [3.63, 3.8) is 0 Å². The number of anilines is 2. The zero-order chi connectivity index (χ0) is 30.1. The van der Waals surface area contributed by atoms with Crippen LogP contribution in [0.4, 0.5) is 11.4 Å². The largest absolute Gasteiger partial charge is 0.496 e. The Morgan fingerprint density at radius 1 is 1.10 bits per heavy atom. The summed E-state index contributed by atoms with van der Waals surface area (Å²) in [6.07, 6.45) is 0.982. The molecule has 0 aromatic heterocycles. The van der Waals surface area contributed by atoms with Gasteiger partial charge in [-0.2, -0.15) is 0 Å². The van der Waals surface area contributed by atoms with E-state index in [9.17, 15) is 22.8 Å². The number of fused-ring (bicyclic) bond motifs is 2. The minimum Gasteiger partial charge on any atom is -0.496 e. The van der Waals surface area contributed by atoms with Crippen molar-refractivity contribution < 1.29 is 27.5 Å². The van der Waals surface area contributed by atoms with Gasteiger partial charge in [0.15, 0.2) is 9.84 Å². The second-order valence-electron chi connectivity index (χ2n) is 10.1. The van der Waals surface area contributed by atoms with Crippen LogP contribution in [0.25, 0.3) is 10.8 Å². The van der Waals surface area contributed by atoms with Crippen LogP contribution in [0.15, 0.2) is 59.1 Å². The molecule has 42 heavy (non-hydrogen) atoms. The molecule has 0 bridgehead atoms. The summed E-state index contributed by atoms with van der Waals surface area (Å²) in [5, 5.41) is 7.46. The summed E-state index contributed by atoms with van der Waals surface area (Å²) in [5.41, 5.74) is 1.50. The number of para-hydroxylation sites is 2. The molecule has 0 spiro atoms. The number of rotatable bonds is 8. The molecule has 0 fully saturated rings. The van der Waals surface area contributed by atoms with E-state index in [0.717, 1.165) is 27.1 Å². The van der Waals surface area contributed by atoms with Crippen LogP contribution in [0.2, 0.25) is 0 Å². The van der Waals surface area contributed by atoms with Crippen LogP contribution in [0.1, 0.15) is 19.4 Å². The van der Waals surface area contributed by atoms with Crippen LogP contribution in [-0.4, -0.2) is 70.4 Å². The number of sulfone groups is 1. The number of carbonyl (C=O) groups is 3. The molecule has 0 saturated carbocycles. The highest BCUT2D eigenvalue weighted by atomic mass is 79.9. The number of benzene rings is 3. The third kappa shape index (κ3) is 6.88. The van der Waals surface area contributed by atoms with Crippen molar-refractivity contribution in [3.8, 4) is 5.75 Å². The van der Waals surface area contributed by atoms with Crippen LogP contribution >= 0.6 is 28.3 Å². The Hall–Kier alpha value is -3.19. The van der Waals surface area contributed by atoms with Gasteiger partial charge in [0.1, 0.15) is 17.5 Å². The SMILES string of the molecule is CNC(C)C(=O)N[C@@H]1C(=O)N(Cc2c(OC)ccc3cc(Br)ccc23)c2ccccc2N(C(=O)CS(C)(=O)=O)[C@H]1C.Cl. The highest BCUT2D eigenvalue weighted by Gasteiger charge is 2.43. The number of carbonyl (C=O) groups excluding carboxylic acids is 3. The molecular formula is C29H34BrClN4O6S. The maximum atomic E-state index is 14.4. The van der Waals surface area contributed by atoms with Crippen LogP contribution in [-0.2, 0) is 30.8 Å². The van der Waals surface area contributed by atoms with Gasteiger partial charge in [-0.05, 0) is 62.0 Å². The summed E-state index contributed by atoms with van der Waals surface area (Å²) in [6.45, 7) is 3.34. The van der Waals surface area contributed by atoms with E-state index < -0.39 is 51.4 Å². The minimum atomic E-state index is -3.69. The average Bonchev–Trinajstić information content (AvgIpc) is 3.00. The molecule has 0 radical (unpaired) electrons. The second kappa shape index (κ2) is 13.4. The third-order valence-electron chi connectivity index (χ3n) is 7.22. The molecule has 226 valence electrons. The van der Waals surface area contributed by atoms with E-state index >= 15 is 0 Å². The van der Waals surface area contributed by atoms with Gasteiger partial charge in [-0.25, -0.2) is 8.42 Å². The van der Waals surface area contributed by atoms with E-state index in [-0.39, 0.29) is 19.0 Å². The second-order valence-corrected chi connectivity index (χ2v) is 13.2. The standard InChI is InChI=1S/C29H33BrN4O6S.ClH/c1-17(31-3)28(36)32-27-18(2)34(26(35)16-41(5,38)39)24-9-7-6-8-23(24)33(29(27)37)15-22-21-12-11-20(30)14-19(21)10-13-25(22)40-4;/h6-14,17-18,27,31H,15-16H2,1-5H3,(H,32,36);1H/t17?,18-,27-;/m0./s1. The third-order valence-corrected chi connectivity index (χ3v) is 8.48. The molecule has 4 rings (SSSR count). The lowest BCUT2D eigenvalue weighted by atomic mass is 10.0. The molecule has 0 aliphatic carbocycles. The fourth-order valence-corrected chi connectivity index (χ4v) is 5.99. The first-order valence-electron chi connectivity index (χ1n) is 13.0. The smallest absolute Gasteiger partial charge is 0.252 e. The normalized spacial score (nSPS) is 17.6. The number of methoxy groups -OCH3 is 1. The van der Waals surface area contributed by atoms with Crippen LogP contribution in [0.5, 0.6) is 5.75 Å². The number of hydrogen-bond donors (Lipinski definition) is 2. The fraction of sp³-hybridized carbons (Fsp3) is 0.345. The Morgan fingerprint density at radius 3 is 2.38 bits per heavy atom. The Bertz CT molecular complexity index is 1620. The van der Waals surface area contributed by atoms with Gasteiger partial charge in [0, 0.05) is 16.3 Å². The summed E-state index contributed by atoms with van der Waals surface area (Å²) in [5.74, 6) is -1.77. The highest BCUT2D eigenvalue weighted by Crippen LogP contribution is 2.39. The number of hydrogen-bond acceptors (Lipinski definition) is 7. The number of amides is 3. The summed E-state index contributed by atoms with van der Waals surface area (Å²) in [4.78, 5) is 43.8. The van der Waals surface area contributed by atoms with Gasteiger partial charge in [-0.1, -0.05) is 40.2 Å². The van der Waals surface area contributed by atoms with Gasteiger partial charge in [0.2, 0.25) is 11.8 Å². The number of ether oxygens (including phenoxy) is 1. The molecule has 3 amide bonds. The van der Waals surface area contributed by atoms with Gasteiger partial charge in [0.05, 0.1) is 37.1 Å². The summed E-state index contributed by atoms with van der Waals surface area (Å²) in [6, 6.07) is 13.7. The van der Waals surface area contributed by atoms with Gasteiger partial charge in [0.25, 0.3) is 5.91 Å². The Labute approximate surface area is 260 Å². The zero-order valence-electron chi connectivity index (χ0n) is 23.9. The molecule has 2 N–H and O–H groups in total. The first-order valence-corrected chi connectivity index (χ1v) is 15.8. The lowest BCUT2D eigenvalue weighted by molar-refractivity contribution is -0.129. The molecule has 3 atom stereocenters. The Balaban J connectivity index is 0.00000484. The molecule has 1 unspecified atom stereocenters. The number of halogens is 2. The molecule has 10 nitrogen and oxygen atoms in total. The average molecular weight is 682 g/mol. The quantitative estimate of drug-likeness (QED) is 0.373. The van der Waals surface area contributed by atoms with Crippen LogP contribution < -0.4 is 25.2 Å². The topological polar surface area (TPSA) is 125 Å². The van der Waals surface area contributed by atoms with Gasteiger partial charge < -0.3 is 25.2 Å². The van der Waals surface area contributed by atoms with Gasteiger partial charge in [-0.15, -0.1) is 12.4 Å². The van der Waals surface area contributed by atoms with Crippen molar-refractivity contribution in [2.75, 3.05) is 36.0 Å². The molecule has 1 aliphatic rings. The van der Waals surface area contributed by atoms with Gasteiger partial charge in [-0.3, -0.25) is 14.4 Å². The van der Waals surface area contributed by atoms with Crippen molar-refractivity contribution in [2.45, 2.75) is 38.5 Å². The lowest BCUT2D eigenvalue weighted by Gasteiger charge is -2.32. The maximum absolute atomic E-state index is 14.4. The minimum absolute atomic E-state index is 0. The van der Waals surface area contributed by atoms with E-state index in [0.29, 0.717) is 17.1 Å². The zero-order valence-corrected chi connectivity index (χ0v) is 27.1. The van der Waals surface area contributed by atoms with Crippen molar-refractivity contribution >= 4 is 78.0 Å². The van der Waals surface area contributed by atoms with E-state index in [2.05, 4.69) is 26.6 Å². The molecule has 1 aliphatic heterocycles. The predicted octanol–water partition coefficient (Wildman–Crippen LogP) is 3.44. The molecular weight excluding hydrogens is 648 g/mol. The van der Waals surface area contributed by atoms with Crippen molar-refractivity contribution in [3.05, 3.63) is 64.6 Å². The van der Waals surface area contributed by atoms with Crippen molar-refractivity contribution in [1.29, 1.82) is 0 Å². The molecule has 0 saturated heterocycles. The van der Waals surface area contributed by atoms with Crippen molar-refractivity contribution in [2.24, 2.45) is 0 Å². The summed E-state index contributed by atoms with van der Waals surface area (Å²) < 4.78 is 30.9. The molecule has 1 heterocycles. The Morgan fingerprint density at radius 2 is 1.76 bits per heavy atom. The molecule has 13 heteroatoms. The van der Waals surface area contributed by atoms with E-state index in [1.54, 1.807) is 52.3 Å². The van der Waals surface area contributed by atoms with Crippen LogP contribution in [0.3, 0.4) is 0 Å². The highest BCUT2D eigenvalue weighted by molar-refractivity contribution is 9.10. The molecule has 3 aromatic carbocycles. The van der Waals surface area contributed by atoms with Gasteiger partial charge >= 0.3 is 0 Å². The van der Waals surface area contributed by atoms with E-state index in [1.807, 2.05) is 30.3 Å². The fourth-order valence-electron chi connectivity index (χ4n) is 5.03. The first-order chi connectivity index (χ1) is 19.4. The lowest BCUT2D eigenvalue weighted by Crippen LogP contribution is -2.60. The number of nitrogens with zero attached hydrogens (tertiary/aromatic N) is 2. The number of nitrogens with one attached hydrogen (secondary N) is 2. The Kier molecular flexibility index (Phi) is 10.6. The molecule has 3 aromatic rings. The van der Waals surface area contributed by atoms with E-state index in [4.69, 9.17) is 4.74 Å². The maximum Gasteiger partial charge on any atom is 0.252 e. The van der Waals surface area contributed by atoms with Crippen molar-refractivity contribution in [1.82, 2.24) is 10.6 Å².